The molecule has 2 aliphatic rings. The quantitative estimate of drug-likeness (QED) is 0.109. The standard InChI is InChI=1S/C26H45IN4O2Si2/c1-34(2,3)11-9-32-18-30(19-33-10-12-35(4,5)6)25-16-24(29-26-23(27)17-28-31(25)26)22-14-20-7-8-21(13-20)15-22/h16-17,20-22H,7-15,18-19H2,1-6H3/t20-,21+,22?. The second kappa shape index (κ2) is 11.5. The summed E-state index contributed by atoms with van der Waals surface area (Å²) in [6.45, 7) is 17.0. The van der Waals surface area contributed by atoms with Crippen molar-refractivity contribution in [1.29, 1.82) is 0 Å². The van der Waals surface area contributed by atoms with E-state index in [4.69, 9.17) is 19.6 Å². The monoisotopic (exact) mass is 628 g/mol. The molecule has 0 aliphatic heterocycles. The van der Waals surface area contributed by atoms with Crippen LogP contribution in [0.4, 0.5) is 5.82 Å². The summed E-state index contributed by atoms with van der Waals surface area (Å²) in [5, 5.41) is 4.71. The molecule has 4 rings (SSSR count). The van der Waals surface area contributed by atoms with Gasteiger partial charge in [-0.1, -0.05) is 52.1 Å². The zero-order chi connectivity index (χ0) is 25.2. The van der Waals surface area contributed by atoms with Crippen molar-refractivity contribution < 1.29 is 9.47 Å². The van der Waals surface area contributed by atoms with E-state index in [9.17, 15) is 0 Å². The molecule has 2 saturated carbocycles. The van der Waals surface area contributed by atoms with Crippen molar-refractivity contribution >= 4 is 50.2 Å². The molecule has 0 radical (unpaired) electrons. The van der Waals surface area contributed by atoms with Crippen molar-refractivity contribution in [2.24, 2.45) is 11.8 Å². The van der Waals surface area contributed by atoms with Crippen molar-refractivity contribution in [2.45, 2.75) is 89.4 Å². The highest BCUT2D eigenvalue weighted by Crippen LogP contribution is 2.48. The van der Waals surface area contributed by atoms with Crippen molar-refractivity contribution in [3.63, 3.8) is 0 Å². The molecule has 9 heteroatoms. The fraction of sp³-hybridized carbons (Fsp3) is 0.769. The van der Waals surface area contributed by atoms with Crippen molar-refractivity contribution in [2.75, 3.05) is 31.6 Å². The molecule has 6 nitrogen and oxygen atoms in total. The second-order valence-electron chi connectivity index (χ2n) is 13.2. The lowest BCUT2D eigenvalue weighted by molar-refractivity contribution is 0.0942. The maximum absolute atomic E-state index is 6.24. The van der Waals surface area contributed by atoms with E-state index in [0.717, 1.165) is 40.1 Å². The van der Waals surface area contributed by atoms with Gasteiger partial charge in [0.15, 0.2) is 5.65 Å². The Morgan fingerprint density at radius 2 is 1.51 bits per heavy atom. The molecule has 0 amide bonds. The van der Waals surface area contributed by atoms with Gasteiger partial charge in [-0.15, -0.1) is 0 Å². The molecular weight excluding hydrogens is 583 g/mol. The van der Waals surface area contributed by atoms with E-state index < -0.39 is 16.1 Å². The smallest absolute Gasteiger partial charge is 0.171 e. The zero-order valence-corrected chi connectivity index (χ0v) is 26.8. The normalized spacial score (nSPS) is 22.8. The summed E-state index contributed by atoms with van der Waals surface area (Å²) < 4.78 is 15.6. The van der Waals surface area contributed by atoms with Crippen LogP contribution in [0.3, 0.4) is 0 Å². The Balaban J connectivity index is 1.57. The highest BCUT2D eigenvalue weighted by Gasteiger charge is 2.36. The summed E-state index contributed by atoms with van der Waals surface area (Å²) in [5.41, 5.74) is 2.20. The summed E-state index contributed by atoms with van der Waals surface area (Å²) in [5.74, 6) is 3.37. The van der Waals surface area contributed by atoms with Gasteiger partial charge in [-0.2, -0.15) is 9.61 Å². The van der Waals surface area contributed by atoms with E-state index in [-0.39, 0.29) is 0 Å². The Morgan fingerprint density at radius 1 is 0.943 bits per heavy atom. The minimum atomic E-state index is -1.14. The van der Waals surface area contributed by atoms with Crippen LogP contribution in [0.1, 0.15) is 43.7 Å². The van der Waals surface area contributed by atoms with Gasteiger partial charge in [0.25, 0.3) is 0 Å². The number of ether oxygens (including phenoxy) is 2. The van der Waals surface area contributed by atoms with E-state index in [1.807, 2.05) is 10.7 Å². The number of nitrogens with zero attached hydrogens (tertiary/aromatic N) is 4. The first kappa shape index (κ1) is 27.5. The van der Waals surface area contributed by atoms with Crippen LogP contribution in [0.5, 0.6) is 0 Å². The zero-order valence-electron chi connectivity index (χ0n) is 22.6. The molecule has 2 aromatic heterocycles. The molecule has 0 N–H and O–H groups in total. The number of halogens is 1. The Kier molecular flexibility index (Phi) is 9.04. The molecule has 2 fully saturated rings. The van der Waals surface area contributed by atoms with Gasteiger partial charge in [0.1, 0.15) is 19.3 Å². The van der Waals surface area contributed by atoms with Gasteiger partial charge in [-0.05, 0) is 65.8 Å². The van der Waals surface area contributed by atoms with Crippen LogP contribution in [-0.4, -0.2) is 57.4 Å². The number of hydrogen-bond acceptors (Lipinski definition) is 5. The van der Waals surface area contributed by atoms with Gasteiger partial charge in [0.05, 0.1) is 9.77 Å². The average Bonchev–Trinajstić information content (AvgIpc) is 3.31. The lowest BCUT2D eigenvalue weighted by atomic mass is 9.79. The molecule has 2 aliphatic carbocycles. The predicted octanol–water partition coefficient (Wildman–Crippen LogP) is 7.06. The Hall–Kier alpha value is -0.496. The topological polar surface area (TPSA) is 51.9 Å². The van der Waals surface area contributed by atoms with E-state index in [1.54, 1.807) is 0 Å². The van der Waals surface area contributed by atoms with Gasteiger partial charge in [-0.25, -0.2) is 4.98 Å². The number of rotatable bonds is 12. The lowest BCUT2D eigenvalue weighted by Crippen LogP contribution is -2.33. The Bertz CT molecular complexity index is 954. The Labute approximate surface area is 227 Å². The highest BCUT2D eigenvalue weighted by atomic mass is 127. The van der Waals surface area contributed by atoms with Crippen LogP contribution in [0.25, 0.3) is 5.65 Å². The largest absolute Gasteiger partial charge is 0.361 e. The number of fused-ring (bicyclic) bond motifs is 3. The summed E-state index contributed by atoms with van der Waals surface area (Å²) in [4.78, 5) is 7.38. The third-order valence-corrected chi connectivity index (χ3v) is 11.7. The molecule has 0 aromatic carbocycles. The van der Waals surface area contributed by atoms with Crippen LogP contribution >= 0.6 is 22.6 Å². The fourth-order valence-electron chi connectivity index (χ4n) is 5.40. The maximum atomic E-state index is 6.24. The first-order valence-corrected chi connectivity index (χ1v) is 21.9. The van der Waals surface area contributed by atoms with Crippen LogP contribution in [0, 0.1) is 15.4 Å². The van der Waals surface area contributed by atoms with Crippen molar-refractivity contribution in [3.05, 3.63) is 21.5 Å². The first-order chi connectivity index (χ1) is 16.5. The van der Waals surface area contributed by atoms with Crippen molar-refractivity contribution in [1.82, 2.24) is 14.6 Å². The van der Waals surface area contributed by atoms with Gasteiger partial charge in [0.2, 0.25) is 0 Å². The first-order valence-electron chi connectivity index (χ1n) is 13.4. The minimum Gasteiger partial charge on any atom is -0.361 e. The van der Waals surface area contributed by atoms with Crippen LogP contribution in [-0.2, 0) is 9.47 Å². The van der Waals surface area contributed by atoms with E-state index in [0.29, 0.717) is 19.4 Å². The summed E-state index contributed by atoms with van der Waals surface area (Å²) in [7, 11) is -2.28. The maximum Gasteiger partial charge on any atom is 0.171 e. The molecule has 0 saturated heterocycles. The van der Waals surface area contributed by atoms with Gasteiger partial charge < -0.3 is 14.4 Å². The molecule has 3 atom stereocenters. The third kappa shape index (κ3) is 7.75. The van der Waals surface area contributed by atoms with E-state index in [1.165, 1.54) is 49.9 Å². The third-order valence-electron chi connectivity index (χ3n) is 7.54. The number of hydrogen-bond donors (Lipinski definition) is 0. The second-order valence-corrected chi connectivity index (χ2v) is 25.6. The number of anilines is 1. The summed E-state index contributed by atoms with van der Waals surface area (Å²) in [6.07, 6.45) is 8.73. The minimum absolute atomic E-state index is 0.516. The SMILES string of the molecule is C[Si](C)(C)CCOCN(COCC[Si](C)(C)C)c1cc(C2C[C@H]3CC[C@@H](C2)C3)nc2c(I)cnn12. The lowest BCUT2D eigenvalue weighted by Gasteiger charge is -2.30. The average molecular weight is 629 g/mol. The van der Waals surface area contributed by atoms with Crippen molar-refractivity contribution in [3.8, 4) is 0 Å². The number of aromatic nitrogens is 3. The molecule has 35 heavy (non-hydrogen) atoms. The van der Waals surface area contributed by atoms with Crippen LogP contribution < -0.4 is 4.90 Å². The van der Waals surface area contributed by atoms with E-state index in [2.05, 4.69) is 72.8 Å². The molecular formula is C26H45IN4O2Si2. The predicted molar refractivity (Wildman–Crippen MR) is 159 cm³/mol. The summed E-state index contributed by atoms with van der Waals surface area (Å²) in [6, 6.07) is 4.62. The molecule has 2 heterocycles. The Morgan fingerprint density at radius 3 is 2.06 bits per heavy atom. The molecule has 2 bridgehead atoms. The molecule has 196 valence electrons. The van der Waals surface area contributed by atoms with Gasteiger partial charge in [0, 0.05) is 47.0 Å². The van der Waals surface area contributed by atoms with Gasteiger partial charge in [-0.3, -0.25) is 0 Å². The summed E-state index contributed by atoms with van der Waals surface area (Å²) >= 11 is 2.37. The van der Waals surface area contributed by atoms with E-state index >= 15 is 0 Å². The van der Waals surface area contributed by atoms with Crippen LogP contribution in [0.15, 0.2) is 12.3 Å². The fourth-order valence-corrected chi connectivity index (χ4v) is 7.38. The molecule has 2 aromatic rings. The highest BCUT2D eigenvalue weighted by molar-refractivity contribution is 14.1. The van der Waals surface area contributed by atoms with Crippen LogP contribution in [0.2, 0.25) is 51.4 Å². The van der Waals surface area contributed by atoms with Gasteiger partial charge >= 0.3 is 0 Å². The molecule has 0 spiro atoms. The molecule has 1 unspecified atom stereocenters.